The van der Waals surface area contributed by atoms with E-state index in [0.29, 0.717) is 35.8 Å². The molecule has 0 aliphatic carbocycles. The number of aromatic nitrogens is 1. The minimum Gasteiger partial charge on any atom is -0.490 e. The molecule has 1 heterocycles. The van der Waals surface area contributed by atoms with Crippen LogP contribution in [0.1, 0.15) is 40.3 Å². The number of rotatable bonds is 8. The summed E-state index contributed by atoms with van der Waals surface area (Å²) in [6, 6.07) is 12.4. The minimum atomic E-state index is -0.588. The lowest BCUT2D eigenvalue weighted by Gasteiger charge is -2.12. The summed E-state index contributed by atoms with van der Waals surface area (Å²) in [7, 11) is 0. The van der Waals surface area contributed by atoms with Crippen LogP contribution in [0.25, 0.3) is 10.9 Å². The monoisotopic (exact) mass is 381 g/mol. The van der Waals surface area contributed by atoms with E-state index in [9.17, 15) is 9.59 Å². The van der Waals surface area contributed by atoms with Crippen LogP contribution in [-0.4, -0.2) is 36.6 Å². The molecule has 0 aliphatic rings. The maximum Gasteiger partial charge on any atom is 0.338 e. The number of aryl methyl sites for hydroxylation is 1. The maximum absolute atomic E-state index is 12.6. The Hall–Kier alpha value is -3.28. The van der Waals surface area contributed by atoms with Crippen molar-refractivity contribution in [1.82, 2.24) is 4.98 Å². The second kappa shape index (κ2) is 8.61. The number of fused-ring (bicyclic) bond motifs is 1. The van der Waals surface area contributed by atoms with E-state index in [0.717, 1.165) is 16.6 Å². The molecule has 146 valence electrons. The summed E-state index contributed by atoms with van der Waals surface area (Å²) in [6.07, 6.45) is 0. The van der Waals surface area contributed by atoms with Crippen molar-refractivity contribution in [2.45, 2.75) is 20.8 Å². The lowest BCUT2D eigenvalue weighted by molar-refractivity contribution is 0.0474. The fourth-order valence-corrected chi connectivity index (χ4v) is 3.10. The van der Waals surface area contributed by atoms with Gasteiger partial charge in [-0.15, -0.1) is 0 Å². The molecule has 0 unspecified atom stereocenters. The van der Waals surface area contributed by atoms with Crippen molar-refractivity contribution in [3.05, 3.63) is 59.3 Å². The number of Topliss-reactive ketones (excluding diaryl/α,β-unsaturated/α-hetero) is 1. The van der Waals surface area contributed by atoms with Gasteiger partial charge in [0, 0.05) is 22.2 Å². The molecule has 1 N–H and O–H groups in total. The van der Waals surface area contributed by atoms with E-state index in [1.807, 2.05) is 45.0 Å². The summed E-state index contributed by atoms with van der Waals surface area (Å²) in [4.78, 5) is 28.2. The molecular weight excluding hydrogens is 358 g/mol. The fourth-order valence-electron chi connectivity index (χ4n) is 3.10. The average Bonchev–Trinajstić information content (AvgIpc) is 3.03. The van der Waals surface area contributed by atoms with E-state index in [1.54, 1.807) is 18.2 Å². The standard InChI is InChI=1S/C22H23NO5/c1-4-26-19-11-10-15(12-20(19)27-5-2)22(25)28-13-18(24)21-14(3)23-17-9-7-6-8-16(17)21/h6-12,23H,4-5,13H2,1-3H3. The first-order chi connectivity index (χ1) is 13.5. The topological polar surface area (TPSA) is 77.6 Å². The van der Waals surface area contributed by atoms with Gasteiger partial charge in [0.25, 0.3) is 0 Å². The van der Waals surface area contributed by atoms with E-state index in [2.05, 4.69) is 4.98 Å². The van der Waals surface area contributed by atoms with Crippen LogP contribution in [0.2, 0.25) is 0 Å². The van der Waals surface area contributed by atoms with E-state index < -0.39 is 5.97 Å². The highest BCUT2D eigenvalue weighted by molar-refractivity contribution is 6.10. The van der Waals surface area contributed by atoms with Crippen LogP contribution < -0.4 is 9.47 Å². The largest absolute Gasteiger partial charge is 0.490 e. The predicted octanol–water partition coefficient (Wildman–Crippen LogP) is 4.31. The highest BCUT2D eigenvalue weighted by Crippen LogP contribution is 2.29. The molecule has 28 heavy (non-hydrogen) atoms. The van der Waals surface area contributed by atoms with Gasteiger partial charge in [0.1, 0.15) is 0 Å². The average molecular weight is 381 g/mol. The Labute approximate surface area is 163 Å². The molecule has 0 bridgehead atoms. The molecule has 0 aliphatic heterocycles. The van der Waals surface area contributed by atoms with Crippen molar-refractivity contribution < 1.29 is 23.8 Å². The number of hydrogen-bond acceptors (Lipinski definition) is 5. The van der Waals surface area contributed by atoms with Crippen LogP contribution in [0.3, 0.4) is 0 Å². The molecule has 0 saturated heterocycles. The smallest absolute Gasteiger partial charge is 0.338 e. The number of carbonyl (C=O) groups excluding carboxylic acids is 2. The molecular formula is C22H23NO5. The number of aromatic amines is 1. The Morgan fingerprint density at radius 3 is 2.43 bits per heavy atom. The first-order valence-corrected chi connectivity index (χ1v) is 9.22. The molecule has 6 heteroatoms. The first-order valence-electron chi connectivity index (χ1n) is 9.22. The first kappa shape index (κ1) is 19.5. The van der Waals surface area contributed by atoms with Crippen LogP contribution >= 0.6 is 0 Å². The van der Waals surface area contributed by atoms with Gasteiger partial charge >= 0.3 is 5.97 Å². The Balaban J connectivity index is 1.73. The van der Waals surface area contributed by atoms with Crippen molar-refractivity contribution in [1.29, 1.82) is 0 Å². The molecule has 0 amide bonds. The van der Waals surface area contributed by atoms with E-state index in [-0.39, 0.29) is 12.4 Å². The summed E-state index contributed by atoms with van der Waals surface area (Å²) in [6.45, 7) is 6.15. The number of para-hydroxylation sites is 1. The number of benzene rings is 2. The second-order valence-corrected chi connectivity index (χ2v) is 6.20. The van der Waals surface area contributed by atoms with Gasteiger partial charge in [-0.1, -0.05) is 18.2 Å². The number of carbonyl (C=O) groups is 2. The van der Waals surface area contributed by atoms with Crippen LogP contribution in [0, 0.1) is 6.92 Å². The van der Waals surface area contributed by atoms with Crippen molar-refractivity contribution in [3.8, 4) is 11.5 Å². The summed E-state index contributed by atoms with van der Waals surface area (Å²) in [5.74, 6) is 0.193. The van der Waals surface area contributed by atoms with Crippen molar-refractivity contribution in [3.63, 3.8) is 0 Å². The minimum absolute atomic E-state index is 0.251. The molecule has 0 atom stereocenters. The second-order valence-electron chi connectivity index (χ2n) is 6.20. The van der Waals surface area contributed by atoms with Gasteiger partial charge in [-0.3, -0.25) is 4.79 Å². The van der Waals surface area contributed by atoms with Crippen LogP contribution in [0.5, 0.6) is 11.5 Å². The van der Waals surface area contributed by atoms with E-state index in [1.165, 1.54) is 0 Å². The lowest BCUT2D eigenvalue weighted by Crippen LogP contribution is -2.15. The van der Waals surface area contributed by atoms with Crippen LogP contribution in [0.4, 0.5) is 0 Å². The molecule has 0 saturated carbocycles. The third-order valence-corrected chi connectivity index (χ3v) is 4.29. The molecule has 3 rings (SSSR count). The van der Waals surface area contributed by atoms with Crippen molar-refractivity contribution in [2.24, 2.45) is 0 Å². The Morgan fingerprint density at radius 1 is 0.964 bits per heavy atom. The quantitative estimate of drug-likeness (QED) is 0.465. The van der Waals surface area contributed by atoms with Crippen LogP contribution in [-0.2, 0) is 4.74 Å². The van der Waals surface area contributed by atoms with Gasteiger partial charge in [0.15, 0.2) is 18.1 Å². The zero-order valence-electron chi connectivity index (χ0n) is 16.2. The summed E-state index contributed by atoms with van der Waals surface area (Å²) in [5, 5.41) is 0.820. The zero-order valence-corrected chi connectivity index (χ0v) is 16.2. The molecule has 3 aromatic rings. The molecule has 6 nitrogen and oxygen atoms in total. The van der Waals surface area contributed by atoms with Gasteiger partial charge in [0.05, 0.1) is 18.8 Å². The van der Waals surface area contributed by atoms with Gasteiger partial charge < -0.3 is 19.2 Å². The maximum atomic E-state index is 12.6. The lowest BCUT2D eigenvalue weighted by atomic mass is 10.1. The summed E-state index contributed by atoms with van der Waals surface area (Å²) < 4.78 is 16.3. The van der Waals surface area contributed by atoms with Gasteiger partial charge in [-0.2, -0.15) is 0 Å². The highest BCUT2D eigenvalue weighted by Gasteiger charge is 2.19. The third-order valence-electron chi connectivity index (χ3n) is 4.29. The number of nitrogens with one attached hydrogen (secondary N) is 1. The third kappa shape index (κ3) is 4.01. The summed E-state index contributed by atoms with van der Waals surface area (Å²) in [5.41, 5.74) is 2.48. The number of ketones is 1. The number of hydrogen-bond donors (Lipinski definition) is 1. The molecule has 1 aromatic heterocycles. The summed E-state index contributed by atoms with van der Waals surface area (Å²) >= 11 is 0. The molecule has 0 spiro atoms. The normalized spacial score (nSPS) is 10.7. The van der Waals surface area contributed by atoms with Gasteiger partial charge in [0.2, 0.25) is 5.78 Å². The van der Waals surface area contributed by atoms with E-state index >= 15 is 0 Å². The highest BCUT2D eigenvalue weighted by atomic mass is 16.5. The number of H-pyrrole nitrogens is 1. The van der Waals surface area contributed by atoms with E-state index in [4.69, 9.17) is 14.2 Å². The Morgan fingerprint density at radius 2 is 1.68 bits per heavy atom. The van der Waals surface area contributed by atoms with Gasteiger partial charge in [-0.05, 0) is 45.0 Å². The number of esters is 1. The zero-order chi connectivity index (χ0) is 20.1. The predicted molar refractivity (Wildman–Crippen MR) is 106 cm³/mol. The molecule has 0 radical (unpaired) electrons. The van der Waals surface area contributed by atoms with Crippen molar-refractivity contribution in [2.75, 3.05) is 19.8 Å². The number of ether oxygens (including phenoxy) is 3. The molecule has 0 fully saturated rings. The van der Waals surface area contributed by atoms with Gasteiger partial charge in [-0.25, -0.2) is 4.79 Å². The fraction of sp³-hybridized carbons (Fsp3) is 0.273. The van der Waals surface area contributed by atoms with Crippen molar-refractivity contribution >= 4 is 22.7 Å². The SMILES string of the molecule is CCOc1ccc(C(=O)OCC(=O)c2c(C)[nH]c3ccccc23)cc1OCC. The van der Waals surface area contributed by atoms with Crippen LogP contribution in [0.15, 0.2) is 42.5 Å². The Kier molecular flexibility index (Phi) is 5.99. The Bertz CT molecular complexity index is 1010. The molecule has 2 aromatic carbocycles.